The van der Waals surface area contributed by atoms with Crippen molar-refractivity contribution in [1.29, 1.82) is 0 Å². The van der Waals surface area contributed by atoms with Crippen LogP contribution < -0.4 is 0 Å². The third-order valence-electron chi connectivity index (χ3n) is 0.415. The number of rotatable bonds is 0. The van der Waals surface area contributed by atoms with E-state index in [0.717, 1.165) is 0 Å². The zero-order chi connectivity index (χ0) is 7.00. The first-order valence-corrected chi connectivity index (χ1v) is 3.03. The van der Waals surface area contributed by atoms with Gasteiger partial charge in [-0.05, 0) is 0 Å². The van der Waals surface area contributed by atoms with E-state index in [4.69, 9.17) is 0 Å². The molecular weight excluding hydrogens is 184 g/mol. The molecular formula is C2F5Zn. The standard InChI is InChI=1S/C2F5.Zn/c3-1(4)2(5,6)7;. The summed E-state index contributed by atoms with van der Waals surface area (Å²) in [5.41, 5.74) is 0. The number of halogens is 5. The van der Waals surface area contributed by atoms with Gasteiger partial charge in [0.25, 0.3) is 0 Å². The van der Waals surface area contributed by atoms with E-state index in [0.29, 0.717) is 0 Å². The van der Waals surface area contributed by atoms with Gasteiger partial charge in [0.05, 0.1) is 0 Å². The molecule has 0 spiro atoms. The normalized spacial score (nSPS) is 14.4. The summed E-state index contributed by atoms with van der Waals surface area (Å²) in [5, 5.41) is 0. The molecule has 0 unspecified atom stereocenters. The molecule has 0 amide bonds. The molecule has 0 N–H and O–H groups in total. The molecule has 0 heterocycles. The number of hydrogen-bond donors (Lipinski definition) is 0. The SMILES string of the molecule is FC(F)(F)[C](F)(F)[Zn]. The molecule has 0 aliphatic carbocycles. The number of hydrogen-bond acceptors (Lipinski definition) is 0. The Morgan fingerprint density at radius 3 is 1.00 bits per heavy atom. The second kappa shape index (κ2) is 1.90. The summed E-state index contributed by atoms with van der Waals surface area (Å²) < 4.78 is 50.4. The van der Waals surface area contributed by atoms with Gasteiger partial charge in [-0.15, -0.1) is 0 Å². The molecule has 0 aromatic heterocycles. The topological polar surface area (TPSA) is 0 Å². The summed E-state index contributed by atoms with van der Waals surface area (Å²) in [5.74, 6) is 0. The molecule has 0 saturated carbocycles. The average Bonchev–Trinajstić information content (AvgIpc) is 1.25. The van der Waals surface area contributed by atoms with Crippen molar-refractivity contribution in [2.75, 3.05) is 0 Å². The summed E-state index contributed by atoms with van der Waals surface area (Å²) in [4.78, 5) is 0. The van der Waals surface area contributed by atoms with Crippen molar-refractivity contribution >= 4 is 0 Å². The van der Waals surface area contributed by atoms with E-state index in [-0.39, 0.29) is 0 Å². The number of alkyl halides is 5. The van der Waals surface area contributed by atoms with Crippen LogP contribution in [0.15, 0.2) is 0 Å². The predicted molar refractivity (Wildman–Crippen MR) is 11.0 cm³/mol. The second-order valence-electron chi connectivity index (χ2n) is 1.20. The molecule has 0 aromatic rings. The van der Waals surface area contributed by atoms with Gasteiger partial charge in [0.2, 0.25) is 0 Å². The van der Waals surface area contributed by atoms with Crippen LogP contribution in [0.25, 0.3) is 0 Å². The molecule has 0 nitrogen and oxygen atoms in total. The Morgan fingerprint density at radius 2 is 1.00 bits per heavy atom. The summed E-state index contributed by atoms with van der Waals surface area (Å²) in [6, 6.07) is 0. The predicted octanol–water partition coefficient (Wildman–Crippen LogP) is 1.69. The zero-order valence-electron chi connectivity index (χ0n) is 3.60. The average molecular weight is 184 g/mol. The zero-order valence-corrected chi connectivity index (χ0v) is 6.56. The van der Waals surface area contributed by atoms with E-state index in [1.807, 2.05) is 0 Å². The molecule has 45 valence electrons. The van der Waals surface area contributed by atoms with Gasteiger partial charge < -0.3 is 0 Å². The Hall–Kier alpha value is 0.273. The first-order chi connectivity index (χ1) is 3.25. The maximum absolute atomic E-state index is 11.2. The van der Waals surface area contributed by atoms with Crippen LogP contribution in [0.2, 0.25) is 0 Å². The van der Waals surface area contributed by atoms with Gasteiger partial charge in [-0.3, -0.25) is 0 Å². The van der Waals surface area contributed by atoms with Gasteiger partial charge in [-0.1, -0.05) is 0 Å². The van der Waals surface area contributed by atoms with Crippen molar-refractivity contribution in [2.45, 2.75) is 10.7 Å². The fourth-order valence-corrected chi connectivity index (χ4v) is 0. The monoisotopic (exact) mass is 183 g/mol. The van der Waals surface area contributed by atoms with Crippen LogP contribution >= 0.6 is 0 Å². The van der Waals surface area contributed by atoms with Gasteiger partial charge in [0.1, 0.15) is 0 Å². The van der Waals surface area contributed by atoms with Crippen LogP contribution in [0.3, 0.4) is 0 Å². The third kappa shape index (κ3) is 2.03. The summed E-state index contributed by atoms with van der Waals surface area (Å²) >= 11 is -1.07. The van der Waals surface area contributed by atoms with Crippen molar-refractivity contribution in [2.24, 2.45) is 0 Å². The molecule has 0 aliphatic rings. The Labute approximate surface area is 51.7 Å². The van der Waals surface area contributed by atoms with E-state index in [1.165, 1.54) is 0 Å². The van der Waals surface area contributed by atoms with Gasteiger partial charge in [-0.25, -0.2) is 0 Å². The van der Waals surface area contributed by atoms with Crippen LogP contribution in [0.5, 0.6) is 0 Å². The van der Waals surface area contributed by atoms with Crippen molar-refractivity contribution in [3.8, 4) is 0 Å². The van der Waals surface area contributed by atoms with E-state index in [1.54, 1.807) is 0 Å². The van der Waals surface area contributed by atoms with Crippen molar-refractivity contribution in [3.05, 3.63) is 0 Å². The summed E-state index contributed by atoms with van der Waals surface area (Å²) in [7, 11) is 0. The fourth-order valence-electron chi connectivity index (χ4n) is 0. The Morgan fingerprint density at radius 1 is 0.875 bits per heavy atom. The van der Waals surface area contributed by atoms with Gasteiger partial charge in [-0.2, -0.15) is 0 Å². The molecule has 0 aliphatic heterocycles. The van der Waals surface area contributed by atoms with E-state index in [2.05, 4.69) is 0 Å². The van der Waals surface area contributed by atoms with Gasteiger partial charge >= 0.3 is 50.9 Å². The summed E-state index contributed by atoms with van der Waals surface area (Å²) in [6.07, 6.45) is -5.34. The molecule has 6 heteroatoms. The van der Waals surface area contributed by atoms with Crippen molar-refractivity contribution in [1.82, 2.24) is 0 Å². The molecule has 0 rings (SSSR count). The minimum absolute atomic E-state index is 1.07. The fraction of sp³-hybridized carbons (Fsp3) is 1.00. The van der Waals surface area contributed by atoms with Crippen molar-refractivity contribution < 1.29 is 40.3 Å². The molecule has 0 bridgehead atoms. The molecule has 0 saturated heterocycles. The van der Waals surface area contributed by atoms with E-state index in [9.17, 15) is 22.0 Å². The van der Waals surface area contributed by atoms with E-state index < -0.39 is 29.0 Å². The third-order valence-corrected chi connectivity index (χ3v) is 1.26. The molecule has 0 atom stereocenters. The maximum atomic E-state index is 11.2. The van der Waals surface area contributed by atoms with Crippen LogP contribution in [0, 0.1) is 0 Å². The van der Waals surface area contributed by atoms with Crippen molar-refractivity contribution in [3.63, 3.8) is 0 Å². The van der Waals surface area contributed by atoms with Gasteiger partial charge in [0.15, 0.2) is 0 Å². The van der Waals surface area contributed by atoms with Crippen LogP contribution in [-0.4, -0.2) is 10.7 Å². The molecule has 0 aromatic carbocycles. The van der Waals surface area contributed by atoms with E-state index >= 15 is 0 Å². The van der Waals surface area contributed by atoms with Gasteiger partial charge in [0, 0.05) is 0 Å². The Kier molecular flexibility index (Phi) is 1.97. The molecule has 8 heavy (non-hydrogen) atoms. The quantitative estimate of drug-likeness (QED) is 0.397. The second-order valence-corrected chi connectivity index (χ2v) is 3.07. The van der Waals surface area contributed by atoms with Crippen LogP contribution in [-0.2, 0) is 18.3 Å². The Bertz CT molecular complexity index is 65.4. The Balaban J connectivity index is 4.02. The summed E-state index contributed by atoms with van der Waals surface area (Å²) in [6.45, 7) is 0. The molecule has 0 radical (unpaired) electrons. The first kappa shape index (κ1) is 8.27. The minimum atomic E-state index is -5.34. The molecule has 0 fully saturated rings. The van der Waals surface area contributed by atoms with Crippen LogP contribution in [0.4, 0.5) is 22.0 Å². The van der Waals surface area contributed by atoms with Crippen LogP contribution in [0.1, 0.15) is 0 Å². The first-order valence-electron chi connectivity index (χ1n) is 1.55.